The van der Waals surface area contributed by atoms with Crippen molar-refractivity contribution in [3.8, 4) is 0 Å². The number of carbonyl (C=O) groups excluding carboxylic acids is 1. The molecule has 3 rings (SSSR count). The van der Waals surface area contributed by atoms with Crippen molar-refractivity contribution in [2.45, 2.75) is 6.04 Å². The normalized spacial score (nSPS) is 15.8. The number of rotatable bonds is 6. The Hall–Kier alpha value is -2.63. The fourth-order valence-corrected chi connectivity index (χ4v) is 2.95. The van der Waals surface area contributed by atoms with Crippen molar-refractivity contribution in [2.75, 3.05) is 37.8 Å². The number of amides is 1. The Bertz CT molecular complexity index is 740. The quantitative estimate of drug-likeness (QED) is 0.784. The standard InChI is InChI=1S/C21H24N2O3/c24-16-20(22-21(25)10-9-17-5-2-1-3-6-17)18-7-4-8-19(15-18)23-11-13-26-14-12-23/h1-10,15,20,24H,11-14,16H2,(H,22,25)/b10-9-/t20-/m0/s1. The van der Waals surface area contributed by atoms with Crippen molar-refractivity contribution in [3.63, 3.8) is 0 Å². The maximum atomic E-state index is 12.2. The largest absolute Gasteiger partial charge is 0.394 e. The van der Waals surface area contributed by atoms with Gasteiger partial charge in [-0.3, -0.25) is 4.79 Å². The van der Waals surface area contributed by atoms with Gasteiger partial charge in [0.2, 0.25) is 5.91 Å². The fraction of sp³-hybridized carbons (Fsp3) is 0.286. The fourth-order valence-electron chi connectivity index (χ4n) is 2.95. The van der Waals surface area contributed by atoms with Crippen molar-refractivity contribution < 1.29 is 14.6 Å². The van der Waals surface area contributed by atoms with Gasteiger partial charge < -0.3 is 20.1 Å². The van der Waals surface area contributed by atoms with Crippen LogP contribution in [0.2, 0.25) is 0 Å². The van der Waals surface area contributed by atoms with Crippen LogP contribution in [0.25, 0.3) is 6.08 Å². The van der Waals surface area contributed by atoms with Crippen LogP contribution in [-0.2, 0) is 9.53 Å². The molecule has 5 nitrogen and oxygen atoms in total. The minimum Gasteiger partial charge on any atom is -0.394 e. The average molecular weight is 352 g/mol. The molecular formula is C21H24N2O3. The van der Waals surface area contributed by atoms with E-state index < -0.39 is 6.04 Å². The predicted octanol–water partition coefficient (Wildman–Crippen LogP) is 2.39. The van der Waals surface area contributed by atoms with E-state index in [2.05, 4.69) is 10.2 Å². The summed E-state index contributed by atoms with van der Waals surface area (Å²) in [6.07, 6.45) is 3.25. The van der Waals surface area contributed by atoms with Crippen LogP contribution in [0.15, 0.2) is 60.7 Å². The van der Waals surface area contributed by atoms with Crippen LogP contribution < -0.4 is 10.2 Å². The van der Waals surface area contributed by atoms with E-state index in [0.717, 1.165) is 29.9 Å². The summed E-state index contributed by atoms with van der Waals surface area (Å²) in [5.74, 6) is -0.232. The SMILES string of the molecule is O=C(/C=C\c1ccccc1)N[C@@H](CO)c1cccc(N2CCOCC2)c1. The molecule has 0 saturated carbocycles. The molecule has 2 aromatic rings. The van der Waals surface area contributed by atoms with Gasteiger partial charge in [-0.1, -0.05) is 42.5 Å². The molecule has 1 aliphatic rings. The number of aliphatic hydroxyl groups is 1. The van der Waals surface area contributed by atoms with Gasteiger partial charge in [0, 0.05) is 24.9 Å². The Morgan fingerprint density at radius 1 is 1.15 bits per heavy atom. The number of anilines is 1. The second kappa shape index (κ2) is 9.17. The first kappa shape index (κ1) is 18.2. The van der Waals surface area contributed by atoms with Gasteiger partial charge in [0.1, 0.15) is 0 Å². The third-order valence-corrected chi connectivity index (χ3v) is 4.37. The number of nitrogens with zero attached hydrogens (tertiary/aromatic N) is 1. The van der Waals surface area contributed by atoms with Gasteiger partial charge in [0.25, 0.3) is 0 Å². The number of hydrogen-bond acceptors (Lipinski definition) is 4. The number of nitrogens with one attached hydrogen (secondary N) is 1. The zero-order valence-corrected chi connectivity index (χ0v) is 14.7. The zero-order chi connectivity index (χ0) is 18.2. The van der Waals surface area contributed by atoms with Crippen molar-refractivity contribution in [3.05, 3.63) is 71.8 Å². The van der Waals surface area contributed by atoms with E-state index in [0.29, 0.717) is 13.2 Å². The van der Waals surface area contributed by atoms with Gasteiger partial charge in [-0.05, 0) is 29.3 Å². The molecular weight excluding hydrogens is 328 g/mol. The number of morpholine rings is 1. The first-order valence-corrected chi connectivity index (χ1v) is 8.83. The highest BCUT2D eigenvalue weighted by molar-refractivity contribution is 5.92. The minimum atomic E-state index is -0.441. The van der Waals surface area contributed by atoms with E-state index in [1.54, 1.807) is 6.08 Å². The number of hydrogen-bond donors (Lipinski definition) is 2. The van der Waals surface area contributed by atoms with Crippen LogP contribution in [-0.4, -0.2) is 43.9 Å². The lowest BCUT2D eigenvalue weighted by molar-refractivity contribution is -0.117. The van der Waals surface area contributed by atoms with Crippen LogP contribution in [0.3, 0.4) is 0 Å². The van der Waals surface area contributed by atoms with Crippen LogP contribution in [0.1, 0.15) is 17.2 Å². The molecule has 0 radical (unpaired) electrons. The van der Waals surface area contributed by atoms with Gasteiger partial charge in [-0.2, -0.15) is 0 Å². The summed E-state index contributed by atoms with van der Waals surface area (Å²) in [6.45, 7) is 2.97. The second-order valence-corrected chi connectivity index (χ2v) is 6.18. The van der Waals surface area contributed by atoms with E-state index in [1.165, 1.54) is 6.08 Å². The molecule has 0 unspecified atom stereocenters. The number of ether oxygens (including phenoxy) is 1. The summed E-state index contributed by atoms with van der Waals surface area (Å²) in [5, 5.41) is 12.6. The second-order valence-electron chi connectivity index (χ2n) is 6.18. The molecule has 1 heterocycles. The molecule has 1 atom stereocenters. The molecule has 0 spiro atoms. The summed E-state index contributed by atoms with van der Waals surface area (Å²) in [4.78, 5) is 14.5. The maximum Gasteiger partial charge on any atom is 0.244 e. The Morgan fingerprint density at radius 3 is 2.65 bits per heavy atom. The van der Waals surface area contributed by atoms with E-state index >= 15 is 0 Å². The molecule has 2 N–H and O–H groups in total. The number of benzene rings is 2. The van der Waals surface area contributed by atoms with Crippen LogP contribution in [0, 0.1) is 0 Å². The summed E-state index contributed by atoms with van der Waals surface area (Å²) in [5.41, 5.74) is 2.92. The molecule has 0 aromatic heterocycles. The van der Waals surface area contributed by atoms with Gasteiger partial charge in [0.05, 0.1) is 25.9 Å². The Kier molecular flexibility index (Phi) is 6.41. The monoisotopic (exact) mass is 352 g/mol. The van der Waals surface area contributed by atoms with E-state index in [1.807, 2.05) is 54.6 Å². The molecule has 0 aliphatic carbocycles. The zero-order valence-electron chi connectivity index (χ0n) is 14.7. The molecule has 2 aromatic carbocycles. The summed E-state index contributed by atoms with van der Waals surface area (Å²) in [7, 11) is 0. The van der Waals surface area contributed by atoms with Gasteiger partial charge >= 0.3 is 0 Å². The molecule has 1 aliphatic heterocycles. The molecule has 1 amide bonds. The number of carbonyl (C=O) groups is 1. The van der Waals surface area contributed by atoms with Gasteiger partial charge in [-0.15, -0.1) is 0 Å². The maximum absolute atomic E-state index is 12.2. The highest BCUT2D eigenvalue weighted by Crippen LogP contribution is 2.21. The van der Waals surface area contributed by atoms with Crippen molar-refractivity contribution >= 4 is 17.7 Å². The molecule has 1 saturated heterocycles. The van der Waals surface area contributed by atoms with Crippen molar-refractivity contribution in [1.82, 2.24) is 5.32 Å². The van der Waals surface area contributed by atoms with E-state index in [4.69, 9.17) is 4.74 Å². The topological polar surface area (TPSA) is 61.8 Å². The Labute approximate surface area is 153 Å². The lowest BCUT2D eigenvalue weighted by Crippen LogP contribution is -2.36. The molecule has 0 bridgehead atoms. The summed E-state index contributed by atoms with van der Waals surface area (Å²) < 4.78 is 5.39. The van der Waals surface area contributed by atoms with Gasteiger partial charge in [-0.25, -0.2) is 0 Å². The van der Waals surface area contributed by atoms with E-state index in [9.17, 15) is 9.90 Å². The third kappa shape index (κ3) is 4.94. The van der Waals surface area contributed by atoms with Crippen LogP contribution in [0.5, 0.6) is 0 Å². The van der Waals surface area contributed by atoms with Crippen LogP contribution in [0.4, 0.5) is 5.69 Å². The Morgan fingerprint density at radius 2 is 1.92 bits per heavy atom. The summed E-state index contributed by atoms with van der Waals surface area (Å²) in [6, 6.07) is 17.1. The molecule has 1 fully saturated rings. The van der Waals surface area contributed by atoms with Crippen molar-refractivity contribution in [1.29, 1.82) is 0 Å². The highest BCUT2D eigenvalue weighted by Gasteiger charge is 2.16. The van der Waals surface area contributed by atoms with E-state index in [-0.39, 0.29) is 12.5 Å². The summed E-state index contributed by atoms with van der Waals surface area (Å²) >= 11 is 0. The average Bonchev–Trinajstić information content (AvgIpc) is 2.72. The van der Waals surface area contributed by atoms with Crippen LogP contribution >= 0.6 is 0 Å². The molecule has 136 valence electrons. The first-order chi connectivity index (χ1) is 12.8. The lowest BCUT2D eigenvalue weighted by Gasteiger charge is -2.29. The number of aliphatic hydroxyl groups excluding tert-OH is 1. The third-order valence-electron chi connectivity index (χ3n) is 4.37. The van der Waals surface area contributed by atoms with Crippen molar-refractivity contribution in [2.24, 2.45) is 0 Å². The lowest BCUT2D eigenvalue weighted by atomic mass is 10.1. The first-order valence-electron chi connectivity index (χ1n) is 8.83. The predicted molar refractivity (Wildman–Crippen MR) is 103 cm³/mol. The highest BCUT2D eigenvalue weighted by atomic mass is 16.5. The molecule has 26 heavy (non-hydrogen) atoms. The Balaban J connectivity index is 1.66. The minimum absolute atomic E-state index is 0.155. The molecule has 5 heteroatoms. The smallest absolute Gasteiger partial charge is 0.244 e. The van der Waals surface area contributed by atoms with Gasteiger partial charge in [0.15, 0.2) is 0 Å².